The van der Waals surface area contributed by atoms with Crippen LogP contribution in [0.3, 0.4) is 0 Å². The summed E-state index contributed by atoms with van der Waals surface area (Å²) in [4.78, 5) is 0. The van der Waals surface area contributed by atoms with E-state index in [1.807, 2.05) is 0 Å². The molecule has 1 unspecified atom stereocenters. The van der Waals surface area contributed by atoms with Gasteiger partial charge in [-0.3, -0.25) is 0 Å². The Morgan fingerprint density at radius 1 is 1.73 bits per heavy atom. The molecule has 1 N–H and O–H groups in total. The molecule has 1 aliphatic rings. The maximum Gasteiger partial charge on any atom is 0.143 e. The molecular formula is C8H12O3. The normalized spacial score (nSPS) is 26.6. The number of epoxide rings is 1. The molecule has 0 aromatic heterocycles. The monoisotopic (exact) mass is 156 g/mol. The van der Waals surface area contributed by atoms with Crippen molar-refractivity contribution < 1.29 is 14.6 Å². The van der Waals surface area contributed by atoms with Crippen molar-refractivity contribution in [2.24, 2.45) is 0 Å². The van der Waals surface area contributed by atoms with Crippen LogP contribution < -0.4 is 0 Å². The van der Waals surface area contributed by atoms with Crippen molar-refractivity contribution in [2.75, 3.05) is 13.7 Å². The quantitative estimate of drug-likeness (QED) is 0.454. The number of rotatable bonds is 3. The Labute approximate surface area is 66.3 Å². The Hall–Kier alpha value is -0.560. The minimum atomic E-state index is -0.725. The van der Waals surface area contributed by atoms with Gasteiger partial charge >= 0.3 is 0 Å². The lowest BCUT2D eigenvalue weighted by molar-refractivity contribution is -0.000351. The lowest BCUT2D eigenvalue weighted by Gasteiger charge is -2.14. The highest BCUT2D eigenvalue weighted by Gasteiger charge is 2.37. The van der Waals surface area contributed by atoms with Crippen molar-refractivity contribution in [1.29, 1.82) is 0 Å². The lowest BCUT2D eigenvalue weighted by Crippen LogP contribution is -2.31. The van der Waals surface area contributed by atoms with Crippen LogP contribution in [0.4, 0.5) is 0 Å². The van der Waals surface area contributed by atoms with Crippen LogP contribution in [0.2, 0.25) is 0 Å². The van der Waals surface area contributed by atoms with Gasteiger partial charge in [0.05, 0.1) is 6.61 Å². The smallest absolute Gasteiger partial charge is 0.143 e. The summed E-state index contributed by atoms with van der Waals surface area (Å²) in [6, 6.07) is 0. The summed E-state index contributed by atoms with van der Waals surface area (Å²) in [7, 11) is 1.55. The molecule has 3 nitrogen and oxygen atoms in total. The highest BCUT2D eigenvalue weighted by atomic mass is 16.6. The average Bonchev–Trinajstić information content (AvgIpc) is 2.73. The molecule has 1 saturated heterocycles. The summed E-state index contributed by atoms with van der Waals surface area (Å²) in [5.41, 5.74) is 0. The molecule has 3 atom stereocenters. The van der Waals surface area contributed by atoms with E-state index in [-0.39, 0.29) is 12.2 Å². The zero-order valence-corrected chi connectivity index (χ0v) is 6.70. The molecule has 3 heteroatoms. The maximum absolute atomic E-state index is 9.34. The predicted molar refractivity (Wildman–Crippen MR) is 40.0 cm³/mol. The summed E-state index contributed by atoms with van der Waals surface area (Å²) in [6.07, 6.45) is -0.976. The largest absolute Gasteiger partial charge is 0.378 e. The first kappa shape index (κ1) is 8.54. The molecular weight excluding hydrogens is 144 g/mol. The Morgan fingerprint density at radius 3 is 2.73 bits per heavy atom. The third kappa shape index (κ3) is 2.19. The molecule has 11 heavy (non-hydrogen) atoms. The van der Waals surface area contributed by atoms with E-state index in [1.165, 1.54) is 0 Å². The van der Waals surface area contributed by atoms with Crippen LogP contribution in [0.15, 0.2) is 0 Å². The molecule has 62 valence electrons. The number of ether oxygens (including phenoxy) is 2. The van der Waals surface area contributed by atoms with Crippen LogP contribution in [-0.4, -0.2) is 37.1 Å². The molecule has 1 fully saturated rings. The van der Waals surface area contributed by atoms with E-state index in [2.05, 4.69) is 11.8 Å². The molecule has 1 rings (SSSR count). The number of aliphatic hydroxyl groups excluding tert-OH is 1. The number of hydrogen-bond donors (Lipinski definition) is 1. The van der Waals surface area contributed by atoms with Gasteiger partial charge in [-0.1, -0.05) is 5.92 Å². The van der Waals surface area contributed by atoms with E-state index in [0.717, 1.165) is 0 Å². The molecule has 0 amide bonds. The summed E-state index contributed by atoms with van der Waals surface area (Å²) in [6.45, 7) is 2.35. The van der Waals surface area contributed by atoms with E-state index >= 15 is 0 Å². The van der Waals surface area contributed by atoms with E-state index in [4.69, 9.17) is 9.47 Å². The Balaban J connectivity index is 2.43. The second kappa shape index (κ2) is 3.72. The van der Waals surface area contributed by atoms with Crippen molar-refractivity contribution in [3.8, 4) is 11.8 Å². The summed E-state index contributed by atoms with van der Waals surface area (Å²) in [5, 5.41) is 9.34. The summed E-state index contributed by atoms with van der Waals surface area (Å²) < 4.78 is 9.99. The summed E-state index contributed by atoms with van der Waals surface area (Å²) >= 11 is 0. The molecule has 1 aliphatic heterocycles. The van der Waals surface area contributed by atoms with Gasteiger partial charge in [0.25, 0.3) is 0 Å². The highest BCUT2D eigenvalue weighted by Crippen LogP contribution is 2.18. The average molecular weight is 156 g/mol. The second-order valence-corrected chi connectivity index (χ2v) is 2.41. The van der Waals surface area contributed by atoms with E-state index in [9.17, 15) is 5.11 Å². The Bertz CT molecular complexity index is 176. The number of aliphatic hydroxyl groups is 1. The van der Waals surface area contributed by atoms with Crippen molar-refractivity contribution >= 4 is 0 Å². The molecule has 0 saturated carbocycles. The number of methoxy groups -OCH3 is 1. The van der Waals surface area contributed by atoms with Gasteiger partial charge in [-0.05, 0) is 6.92 Å². The topological polar surface area (TPSA) is 42.0 Å². The van der Waals surface area contributed by atoms with Gasteiger partial charge in [0, 0.05) is 7.11 Å². The number of hydrogen-bond acceptors (Lipinski definition) is 3. The third-order valence-electron chi connectivity index (χ3n) is 1.60. The van der Waals surface area contributed by atoms with Crippen LogP contribution in [0, 0.1) is 11.8 Å². The van der Waals surface area contributed by atoms with E-state index in [1.54, 1.807) is 14.0 Å². The fourth-order valence-corrected chi connectivity index (χ4v) is 0.959. The third-order valence-corrected chi connectivity index (χ3v) is 1.60. The van der Waals surface area contributed by atoms with Crippen LogP contribution in [0.25, 0.3) is 0 Å². The van der Waals surface area contributed by atoms with Crippen LogP contribution >= 0.6 is 0 Å². The maximum atomic E-state index is 9.34. The van der Waals surface area contributed by atoms with Crippen molar-refractivity contribution in [1.82, 2.24) is 0 Å². The molecule has 1 heterocycles. The minimum Gasteiger partial charge on any atom is -0.378 e. The highest BCUT2D eigenvalue weighted by molar-refractivity contribution is 5.07. The van der Waals surface area contributed by atoms with Gasteiger partial charge < -0.3 is 14.6 Å². The zero-order chi connectivity index (χ0) is 8.27. The molecule has 0 spiro atoms. The fraction of sp³-hybridized carbons (Fsp3) is 0.750. The van der Waals surface area contributed by atoms with Crippen molar-refractivity contribution in [3.63, 3.8) is 0 Å². The fourth-order valence-electron chi connectivity index (χ4n) is 0.959. The minimum absolute atomic E-state index is 0.0378. The second-order valence-electron chi connectivity index (χ2n) is 2.41. The van der Waals surface area contributed by atoms with Crippen LogP contribution in [0.5, 0.6) is 0 Å². The van der Waals surface area contributed by atoms with Crippen molar-refractivity contribution in [2.45, 2.75) is 25.2 Å². The predicted octanol–water partition coefficient (Wildman–Crippen LogP) is -0.216. The molecule has 0 radical (unpaired) electrons. The van der Waals surface area contributed by atoms with Gasteiger partial charge in [0.15, 0.2) is 0 Å². The first-order chi connectivity index (χ1) is 5.29. The van der Waals surface area contributed by atoms with Crippen LogP contribution in [0.1, 0.15) is 6.92 Å². The molecule has 0 aliphatic carbocycles. The first-order valence-electron chi connectivity index (χ1n) is 3.54. The molecule has 0 bridgehead atoms. The van der Waals surface area contributed by atoms with E-state index < -0.39 is 6.10 Å². The van der Waals surface area contributed by atoms with Crippen molar-refractivity contribution in [3.05, 3.63) is 0 Å². The van der Waals surface area contributed by atoms with Gasteiger partial charge in [-0.25, -0.2) is 0 Å². The molecule has 0 aromatic rings. The van der Waals surface area contributed by atoms with E-state index in [0.29, 0.717) is 6.61 Å². The zero-order valence-electron chi connectivity index (χ0n) is 6.70. The summed E-state index contributed by atoms with van der Waals surface area (Å²) in [5.74, 6) is 5.25. The first-order valence-corrected chi connectivity index (χ1v) is 3.54. The Morgan fingerprint density at radius 2 is 2.36 bits per heavy atom. The van der Waals surface area contributed by atoms with Gasteiger partial charge in [0.1, 0.15) is 18.3 Å². The Kier molecular flexibility index (Phi) is 2.89. The van der Waals surface area contributed by atoms with Gasteiger partial charge in [-0.15, -0.1) is 5.92 Å². The van der Waals surface area contributed by atoms with Gasteiger partial charge in [0.2, 0.25) is 0 Å². The lowest BCUT2D eigenvalue weighted by atomic mass is 10.1. The van der Waals surface area contributed by atoms with Gasteiger partial charge in [-0.2, -0.15) is 0 Å². The van der Waals surface area contributed by atoms with Crippen LogP contribution in [-0.2, 0) is 9.47 Å². The molecule has 0 aromatic carbocycles. The SMILES string of the molecule is CC#C[C@@H](O)[C@H](OC)C1CO1. The standard InChI is InChI=1S/C8H12O3/c1-3-4-6(9)8(10-2)7-5-11-7/h6-9H,5H2,1-2H3/t6-,7?,8+/m1/s1.